The van der Waals surface area contributed by atoms with Crippen molar-refractivity contribution in [2.45, 2.75) is 105 Å². The van der Waals surface area contributed by atoms with Crippen LogP contribution in [0.5, 0.6) is 0 Å². The molecule has 0 saturated carbocycles. The third-order valence-electron chi connectivity index (χ3n) is 3.47. The Morgan fingerprint density at radius 1 is 0.500 bits per heavy atom. The van der Waals surface area contributed by atoms with Crippen LogP contribution in [0.4, 0.5) is 0 Å². The van der Waals surface area contributed by atoms with Crippen molar-refractivity contribution >= 4 is 23.9 Å². The lowest BCUT2D eigenvalue weighted by Crippen LogP contribution is -2.11. The molecule has 28 heavy (non-hydrogen) atoms. The van der Waals surface area contributed by atoms with E-state index in [1.807, 2.05) is 0 Å². The molecule has 0 radical (unpaired) electrons. The van der Waals surface area contributed by atoms with Gasteiger partial charge < -0.3 is 0 Å². The van der Waals surface area contributed by atoms with Crippen molar-refractivity contribution in [3.8, 4) is 0 Å². The summed E-state index contributed by atoms with van der Waals surface area (Å²) in [7, 11) is 0. The second-order valence-corrected chi connectivity index (χ2v) is 6.39. The summed E-state index contributed by atoms with van der Waals surface area (Å²) >= 11 is 0. The van der Waals surface area contributed by atoms with Crippen molar-refractivity contribution in [2.75, 3.05) is 0 Å². The van der Waals surface area contributed by atoms with Crippen molar-refractivity contribution < 1.29 is 38.7 Å². The minimum Gasteiger partial charge on any atom is -0.248 e. The number of hydrogen-bond acceptors (Lipinski definition) is 8. The number of carbonyl (C=O) groups is 4. The molecular weight excluding hydrogens is 368 g/mol. The number of hydrogen-bond donors (Lipinski definition) is 0. The Hall–Kier alpha value is -2.12. The molecule has 0 spiro atoms. The lowest BCUT2D eigenvalue weighted by molar-refractivity contribution is -0.259. The Labute approximate surface area is 168 Å². The zero-order valence-electron chi connectivity index (χ0n) is 17.8. The van der Waals surface area contributed by atoms with Crippen LogP contribution in [0.3, 0.4) is 0 Å². The van der Waals surface area contributed by atoms with Gasteiger partial charge in [-0.1, -0.05) is 65.2 Å². The van der Waals surface area contributed by atoms with E-state index in [1.54, 1.807) is 0 Å². The van der Waals surface area contributed by atoms with Gasteiger partial charge in [0.1, 0.15) is 0 Å². The van der Waals surface area contributed by atoms with Crippen LogP contribution in [0.1, 0.15) is 105 Å². The first kappa shape index (κ1) is 28.1. The summed E-state index contributed by atoms with van der Waals surface area (Å²) in [5, 5.41) is 0. The van der Waals surface area contributed by atoms with Gasteiger partial charge in [0.15, 0.2) is 0 Å². The molecule has 0 rings (SSSR count). The molecule has 0 N–H and O–H groups in total. The highest BCUT2D eigenvalue weighted by Crippen LogP contribution is 2.08. The highest BCUT2D eigenvalue weighted by atomic mass is 17.2. The first-order valence-corrected chi connectivity index (χ1v) is 10.1. The number of rotatable bonds is 12. The molecular formula is C20H36O8. The average molecular weight is 405 g/mol. The van der Waals surface area contributed by atoms with E-state index >= 15 is 0 Å². The SMILES string of the molecule is CC(=O)OOC(C)=O.CCCCCCCC(=O)OOC(=O)CCCCCCC. The van der Waals surface area contributed by atoms with E-state index in [-0.39, 0.29) is 0 Å². The maximum atomic E-state index is 11.3. The Bertz CT molecular complexity index is 394. The third-order valence-corrected chi connectivity index (χ3v) is 3.47. The summed E-state index contributed by atoms with van der Waals surface area (Å²) in [6.45, 7) is 6.58. The monoisotopic (exact) mass is 404 g/mol. The topological polar surface area (TPSA) is 105 Å². The molecule has 0 unspecified atom stereocenters. The smallest absolute Gasteiger partial charge is 0.248 e. The third kappa shape index (κ3) is 26.1. The van der Waals surface area contributed by atoms with Crippen LogP contribution >= 0.6 is 0 Å². The maximum Gasteiger partial charge on any atom is 0.355 e. The minimum atomic E-state index is -0.639. The zero-order chi connectivity index (χ0) is 21.6. The zero-order valence-corrected chi connectivity index (χ0v) is 17.8. The van der Waals surface area contributed by atoms with Gasteiger partial charge in [-0.15, -0.1) is 0 Å². The molecule has 164 valence electrons. The number of unbranched alkanes of at least 4 members (excludes halogenated alkanes) is 8. The van der Waals surface area contributed by atoms with Crippen molar-refractivity contribution in [3.63, 3.8) is 0 Å². The van der Waals surface area contributed by atoms with E-state index in [9.17, 15) is 19.2 Å². The van der Waals surface area contributed by atoms with E-state index < -0.39 is 23.9 Å². The molecule has 8 nitrogen and oxygen atoms in total. The fourth-order valence-electron chi connectivity index (χ4n) is 2.04. The predicted molar refractivity (Wildman–Crippen MR) is 102 cm³/mol. The van der Waals surface area contributed by atoms with Crippen LogP contribution in [-0.4, -0.2) is 23.9 Å². The normalized spacial score (nSPS) is 9.57. The van der Waals surface area contributed by atoms with Crippen molar-refractivity contribution in [1.82, 2.24) is 0 Å². The lowest BCUT2D eigenvalue weighted by Gasteiger charge is -2.03. The van der Waals surface area contributed by atoms with Crippen LogP contribution in [0.25, 0.3) is 0 Å². The van der Waals surface area contributed by atoms with E-state index in [0.717, 1.165) is 52.4 Å². The molecule has 0 fully saturated rings. The van der Waals surface area contributed by atoms with Crippen LogP contribution in [-0.2, 0) is 38.7 Å². The minimum absolute atomic E-state index is 0.327. The molecule has 0 aliphatic carbocycles. The summed E-state index contributed by atoms with van der Waals surface area (Å²) in [6, 6.07) is 0. The fraction of sp³-hybridized carbons (Fsp3) is 0.800. The van der Waals surface area contributed by atoms with Crippen molar-refractivity contribution in [2.24, 2.45) is 0 Å². The largest absolute Gasteiger partial charge is 0.355 e. The molecule has 8 heteroatoms. The first-order valence-electron chi connectivity index (χ1n) is 10.1. The molecule has 0 aromatic rings. The predicted octanol–water partition coefficient (Wildman–Crippen LogP) is 4.74. The molecule has 0 atom stereocenters. The Morgan fingerprint density at radius 3 is 1.11 bits per heavy atom. The van der Waals surface area contributed by atoms with Gasteiger partial charge in [-0.3, -0.25) is 0 Å². The van der Waals surface area contributed by atoms with Gasteiger partial charge in [-0.2, -0.15) is 0 Å². The second kappa shape index (κ2) is 21.2. The number of carbonyl (C=O) groups excluding carboxylic acids is 4. The highest BCUT2D eigenvalue weighted by molar-refractivity contribution is 5.72. The maximum absolute atomic E-state index is 11.3. The summed E-state index contributed by atoms with van der Waals surface area (Å²) < 4.78 is 0. The summed E-state index contributed by atoms with van der Waals surface area (Å²) in [4.78, 5) is 58.9. The van der Waals surface area contributed by atoms with Gasteiger partial charge in [0.05, 0.1) is 12.8 Å². The van der Waals surface area contributed by atoms with Crippen LogP contribution in [0.15, 0.2) is 0 Å². The molecule has 0 heterocycles. The molecule has 0 aliphatic heterocycles. The van der Waals surface area contributed by atoms with Gasteiger partial charge in [-0.05, 0) is 12.8 Å². The van der Waals surface area contributed by atoms with E-state index in [4.69, 9.17) is 0 Å². The summed E-state index contributed by atoms with van der Waals surface area (Å²) in [6.07, 6.45) is 11.3. The van der Waals surface area contributed by atoms with Gasteiger partial charge in [0.2, 0.25) is 0 Å². The highest BCUT2D eigenvalue weighted by Gasteiger charge is 2.09. The summed E-state index contributed by atoms with van der Waals surface area (Å²) in [5.74, 6) is -2.16. The average Bonchev–Trinajstić information content (AvgIpc) is 2.65. The fourth-order valence-corrected chi connectivity index (χ4v) is 2.04. The van der Waals surface area contributed by atoms with Crippen molar-refractivity contribution in [3.05, 3.63) is 0 Å². The lowest BCUT2D eigenvalue weighted by atomic mass is 10.1. The summed E-state index contributed by atoms with van der Waals surface area (Å²) in [5.41, 5.74) is 0. The first-order chi connectivity index (χ1) is 13.3. The van der Waals surface area contributed by atoms with E-state index in [2.05, 4.69) is 33.4 Å². The molecule has 0 bridgehead atoms. The van der Waals surface area contributed by atoms with Gasteiger partial charge in [0.25, 0.3) is 0 Å². The Kier molecular flexibility index (Phi) is 21.3. The van der Waals surface area contributed by atoms with Crippen molar-refractivity contribution in [1.29, 1.82) is 0 Å². The Morgan fingerprint density at radius 2 is 0.821 bits per heavy atom. The molecule has 0 aromatic heterocycles. The van der Waals surface area contributed by atoms with Crippen LogP contribution < -0.4 is 0 Å². The second-order valence-electron chi connectivity index (χ2n) is 6.39. The Balaban J connectivity index is 0. The van der Waals surface area contributed by atoms with Gasteiger partial charge >= 0.3 is 23.9 Å². The van der Waals surface area contributed by atoms with Gasteiger partial charge in [0, 0.05) is 13.8 Å². The van der Waals surface area contributed by atoms with E-state index in [0.29, 0.717) is 12.8 Å². The quantitative estimate of drug-likeness (QED) is 0.261. The molecule has 0 aromatic carbocycles. The molecule has 0 aliphatic rings. The van der Waals surface area contributed by atoms with Crippen LogP contribution in [0, 0.1) is 0 Å². The van der Waals surface area contributed by atoms with Crippen LogP contribution in [0.2, 0.25) is 0 Å². The van der Waals surface area contributed by atoms with Gasteiger partial charge in [-0.25, -0.2) is 38.7 Å². The molecule has 0 saturated heterocycles. The standard InChI is InChI=1S/C16H30O4.C4H6O4/c1-3-5-7-9-11-13-15(17)19-20-16(18)14-12-10-8-6-4-2;1-3(5)7-8-4(2)6/h3-14H2,1-2H3;1-2H3. The van der Waals surface area contributed by atoms with E-state index in [1.165, 1.54) is 25.7 Å². The molecule has 0 amide bonds.